The van der Waals surface area contributed by atoms with E-state index in [1.165, 1.54) is 26.0 Å². The van der Waals surface area contributed by atoms with E-state index in [0.717, 1.165) is 38.3 Å². The van der Waals surface area contributed by atoms with Crippen LogP contribution in [-0.4, -0.2) is 36.3 Å². The highest BCUT2D eigenvalue weighted by Crippen LogP contribution is 2.27. The number of carbonyl (C=O) groups excluding carboxylic acids is 1. The third-order valence-corrected chi connectivity index (χ3v) is 4.96. The molecule has 0 amide bonds. The molecule has 2 heterocycles. The molecule has 2 N–H and O–H groups in total. The predicted octanol–water partition coefficient (Wildman–Crippen LogP) is 4.78. The Hall–Kier alpha value is -2.41. The number of halogens is 1. The Morgan fingerprint density at radius 3 is 2.77 bits per heavy atom. The zero-order valence-corrected chi connectivity index (χ0v) is 18.7. The molecule has 1 atom stereocenters. The van der Waals surface area contributed by atoms with Crippen LogP contribution in [-0.2, 0) is 20.7 Å². The average Bonchev–Trinajstić information content (AvgIpc) is 3.16. The number of ether oxygens (including phenoxy) is 2. The fourth-order valence-corrected chi connectivity index (χ4v) is 3.32. The second-order valence-electron chi connectivity index (χ2n) is 7.01. The second kappa shape index (κ2) is 14.6. The Bertz CT molecular complexity index is 730. The summed E-state index contributed by atoms with van der Waals surface area (Å²) < 4.78 is 25.6. The number of hydrogen-bond acceptors (Lipinski definition) is 5. The van der Waals surface area contributed by atoms with Crippen molar-refractivity contribution in [3.05, 3.63) is 47.5 Å². The number of methoxy groups -OCH3 is 1. The van der Waals surface area contributed by atoms with Crippen LogP contribution >= 0.6 is 0 Å². The Kier molecular flexibility index (Phi) is 12.4. The number of carbonyl (C=O) groups is 1. The van der Waals surface area contributed by atoms with Gasteiger partial charge in [0.15, 0.2) is 0 Å². The van der Waals surface area contributed by atoms with Crippen LogP contribution in [0.1, 0.15) is 58.7 Å². The molecular formula is C23H36FN3O3. The van der Waals surface area contributed by atoms with Gasteiger partial charge in [0, 0.05) is 44.1 Å². The highest BCUT2D eigenvalue weighted by Gasteiger charge is 2.18. The molecular weight excluding hydrogens is 385 g/mol. The maximum atomic E-state index is 14.2. The van der Waals surface area contributed by atoms with Gasteiger partial charge in [-0.05, 0) is 43.8 Å². The fraction of sp³-hybridized carbons (Fsp3) is 0.565. The predicted molar refractivity (Wildman–Crippen MR) is 118 cm³/mol. The minimum absolute atomic E-state index is 0.232. The molecule has 1 aromatic rings. The van der Waals surface area contributed by atoms with Gasteiger partial charge in [-0.15, -0.1) is 0 Å². The molecule has 0 aromatic carbocycles. The van der Waals surface area contributed by atoms with Crippen molar-refractivity contribution in [2.24, 2.45) is 11.7 Å². The van der Waals surface area contributed by atoms with Crippen LogP contribution in [0.25, 0.3) is 5.70 Å². The zero-order chi connectivity index (χ0) is 22.4. The van der Waals surface area contributed by atoms with E-state index >= 15 is 0 Å². The standard InChI is InChI=1S/C19H26FN3O.C2H4O2.C2H6/c1-14-5-6-17(21)18(13-16(14)20)23-9-8-22-19(23)12-15-4-2-3-10-24-11-7-15;1-4-2-3;1-2/h5,8-9,13,15H,2-4,6-7,10-12,21H2,1H3;2H,1H3;1-2H3. The molecule has 1 fully saturated rings. The highest BCUT2D eigenvalue weighted by atomic mass is 19.1. The van der Waals surface area contributed by atoms with Crippen LogP contribution in [0.15, 0.2) is 41.6 Å². The van der Waals surface area contributed by atoms with Gasteiger partial charge in [-0.3, -0.25) is 4.79 Å². The van der Waals surface area contributed by atoms with E-state index in [4.69, 9.17) is 15.3 Å². The lowest BCUT2D eigenvalue weighted by Crippen LogP contribution is -2.16. The molecule has 0 spiro atoms. The third-order valence-electron chi connectivity index (χ3n) is 4.96. The van der Waals surface area contributed by atoms with Crippen LogP contribution in [0, 0.1) is 5.92 Å². The smallest absolute Gasteiger partial charge is 0.292 e. The van der Waals surface area contributed by atoms with Gasteiger partial charge >= 0.3 is 0 Å². The number of aromatic nitrogens is 2. The Morgan fingerprint density at radius 1 is 1.33 bits per heavy atom. The molecule has 2 aliphatic rings. The van der Waals surface area contributed by atoms with Crippen molar-refractivity contribution in [3.8, 4) is 0 Å². The largest absolute Gasteiger partial charge is 0.471 e. The summed E-state index contributed by atoms with van der Waals surface area (Å²) in [5.41, 5.74) is 8.20. The first kappa shape index (κ1) is 25.6. The lowest BCUT2D eigenvalue weighted by molar-refractivity contribution is -0.126. The summed E-state index contributed by atoms with van der Waals surface area (Å²) in [6.45, 7) is 7.83. The number of nitrogens with two attached hydrogens (primary N) is 1. The van der Waals surface area contributed by atoms with E-state index in [9.17, 15) is 4.39 Å². The van der Waals surface area contributed by atoms with E-state index < -0.39 is 0 Å². The SMILES string of the molecule is CC.CC1=CCC(N)=C(n2ccnc2CC2CCCCOCC2)C=C1F.COC=O. The number of allylic oxidation sites excluding steroid dienone is 5. The van der Waals surface area contributed by atoms with Gasteiger partial charge in [-0.2, -0.15) is 0 Å². The van der Waals surface area contributed by atoms with E-state index in [0.29, 0.717) is 35.8 Å². The average molecular weight is 422 g/mol. The number of nitrogens with zero attached hydrogens (tertiary/aromatic N) is 2. The minimum Gasteiger partial charge on any atom is -0.471 e. The van der Waals surface area contributed by atoms with E-state index in [2.05, 4.69) is 9.72 Å². The first-order valence-electron chi connectivity index (χ1n) is 10.7. The quantitative estimate of drug-likeness (QED) is 0.708. The summed E-state index contributed by atoms with van der Waals surface area (Å²) in [5.74, 6) is 1.26. The van der Waals surface area contributed by atoms with Gasteiger partial charge in [0.05, 0.1) is 12.8 Å². The highest BCUT2D eigenvalue weighted by molar-refractivity contribution is 5.65. The van der Waals surface area contributed by atoms with Gasteiger partial charge in [-0.25, -0.2) is 9.37 Å². The van der Waals surface area contributed by atoms with Crippen molar-refractivity contribution in [2.45, 2.75) is 59.3 Å². The topological polar surface area (TPSA) is 79.4 Å². The normalized spacial score (nSPS) is 19.4. The second-order valence-corrected chi connectivity index (χ2v) is 7.01. The molecule has 1 aliphatic carbocycles. The zero-order valence-electron chi connectivity index (χ0n) is 18.7. The fourth-order valence-electron chi connectivity index (χ4n) is 3.32. The van der Waals surface area contributed by atoms with Gasteiger partial charge in [0.25, 0.3) is 6.47 Å². The molecule has 1 aromatic heterocycles. The van der Waals surface area contributed by atoms with Crippen LogP contribution in [0.5, 0.6) is 0 Å². The molecule has 3 rings (SSSR count). The van der Waals surface area contributed by atoms with E-state index in [1.807, 2.05) is 30.7 Å². The Morgan fingerprint density at radius 2 is 2.07 bits per heavy atom. The van der Waals surface area contributed by atoms with E-state index in [-0.39, 0.29) is 5.83 Å². The number of imidazole rings is 1. The summed E-state index contributed by atoms with van der Waals surface area (Å²) in [4.78, 5) is 13.5. The molecule has 30 heavy (non-hydrogen) atoms. The van der Waals surface area contributed by atoms with Crippen LogP contribution in [0.3, 0.4) is 0 Å². The lowest BCUT2D eigenvalue weighted by Gasteiger charge is -2.20. The summed E-state index contributed by atoms with van der Waals surface area (Å²) in [6, 6.07) is 0. The molecule has 1 unspecified atom stereocenters. The van der Waals surface area contributed by atoms with Gasteiger partial charge in [0.1, 0.15) is 11.7 Å². The molecule has 1 saturated heterocycles. The lowest BCUT2D eigenvalue weighted by atomic mass is 9.94. The number of rotatable bonds is 4. The van der Waals surface area contributed by atoms with Gasteiger partial charge in [0.2, 0.25) is 0 Å². The van der Waals surface area contributed by atoms with E-state index in [1.54, 1.807) is 13.1 Å². The summed E-state index contributed by atoms with van der Waals surface area (Å²) in [5, 5.41) is 0. The third kappa shape index (κ3) is 8.14. The first-order chi connectivity index (χ1) is 14.6. The van der Waals surface area contributed by atoms with Crippen molar-refractivity contribution in [1.29, 1.82) is 0 Å². The maximum absolute atomic E-state index is 14.2. The molecule has 168 valence electrons. The molecule has 1 aliphatic heterocycles. The van der Waals surface area contributed by atoms with Crippen molar-refractivity contribution >= 4 is 12.2 Å². The monoisotopic (exact) mass is 421 g/mol. The van der Waals surface area contributed by atoms with Crippen LogP contribution in [0.4, 0.5) is 4.39 Å². The van der Waals surface area contributed by atoms with Crippen molar-refractivity contribution in [2.75, 3.05) is 20.3 Å². The van der Waals surface area contributed by atoms with Gasteiger partial charge < -0.3 is 19.8 Å². The molecule has 0 radical (unpaired) electrons. The number of hydrogen-bond donors (Lipinski definition) is 1. The molecule has 6 nitrogen and oxygen atoms in total. The summed E-state index contributed by atoms with van der Waals surface area (Å²) >= 11 is 0. The minimum atomic E-state index is -0.232. The van der Waals surface area contributed by atoms with Crippen LogP contribution in [0.2, 0.25) is 0 Å². The van der Waals surface area contributed by atoms with Crippen molar-refractivity contribution in [1.82, 2.24) is 9.55 Å². The molecule has 0 bridgehead atoms. The Labute approximate surface area is 179 Å². The van der Waals surface area contributed by atoms with Crippen molar-refractivity contribution in [3.63, 3.8) is 0 Å². The maximum Gasteiger partial charge on any atom is 0.292 e. The molecule has 0 saturated carbocycles. The van der Waals surface area contributed by atoms with Crippen LogP contribution < -0.4 is 5.73 Å². The summed E-state index contributed by atoms with van der Waals surface area (Å²) in [7, 11) is 1.31. The Balaban J connectivity index is 0.000000673. The van der Waals surface area contributed by atoms with Gasteiger partial charge in [-0.1, -0.05) is 26.3 Å². The molecule has 7 heteroatoms. The first-order valence-corrected chi connectivity index (χ1v) is 10.7. The summed E-state index contributed by atoms with van der Waals surface area (Å²) in [6.07, 6.45) is 13.0. The van der Waals surface area contributed by atoms with Crippen molar-refractivity contribution < 1.29 is 18.7 Å².